The number of nitrogens with zero attached hydrogens (tertiary/aromatic N) is 3. The van der Waals surface area contributed by atoms with Gasteiger partial charge in [-0.3, -0.25) is 4.90 Å². The minimum absolute atomic E-state index is 0.0716. The molecule has 1 aliphatic heterocycles. The Morgan fingerprint density at radius 3 is 2.55 bits per heavy atom. The molecule has 0 N–H and O–H groups in total. The summed E-state index contributed by atoms with van der Waals surface area (Å²) in [5, 5.41) is 1.05. The highest BCUT2D eigenvalue weighted by atomic mass is 79.9. The van der Waals surface area contributed by atoms with Crippen LogP contribution in [0, 0.1) is 11.6 Å². The molecule has 0 spiro atoms. The number of aryl methyl sites for hydroxylation is 1. The Morgan fingerprint density at radius 2 is 1.97 bits per heavy atom. The molecule has 2 aromatic heterocycles. The summed E-state index contributed by atoms with van der Waals surface area (Å²) in [7, 11) is 3.17. The van der Waals surface area contributed by atoms with Crippen LogP contribution >= 0.6 is 15.9 Å². The van der Waals surface area contributed by atoms with Crippen molar-refractivity contribution >= 4 is 38.5 Å². The number of hydrogen-bond acceptors (Lipinski definition) is 4. The number of benzene rings is 1. The van der Waals surface area contributed by atoms with Crippen LogP contribution in [0.3, 0.4) is 0 Å². The number of aromatic nitrogens is 2. The first-order valence-corrected chi connectivity index (χ1v) is 10.7. The number of rotatable bonds is 4. The maximum Gasteiger partial charge on any atom is 0.338 e. The zero-order chi connectivity index (χ0) is 22.3. The maximum absolute atomic E-state index is 14.6. The van der Waals surface area contributed by atoms with Gasteiger partial charge in [0, 0.05) is 53.5 Å². The molecule has 0 aliphatic carbocycles. The Balaban J connectivity index is 1.58. The second-order valence-corrected chi connectivity index (χ2v) is 8.47. The van der Waals surface area contributed by atoms with Gasteiger partial charge in [-0.25, -0.2) is 18.6 Å². The summed E-state index contributed by atoms with van der Waals surface area (Å²) in [6.07, 6.45) is 4.13. The second-order valence-electron chi connectivity index (χ2n) is 7.62. The minimum atomic E-state index is -0.766. The highest BCUT2D eigenvalue weighted by Crippen LogP contribution is 2.34. The van der Waals surface area contributed by atoms with Gasteiger partial charge in [-0.1, -0.05) is 6.08 Å². The number of esters is 1. The number of fused-ring (bicyclic) bond motifs is 1. The summed E-state index contributed by atoms with van der Waals surface area (Å²) in [5.41, 5.74) is 2.42. The van der Waals surface area contributed by atoms with Crippen molar-refractivity contribution in [3.63, 3.8) is 0 Å². The molecular weight excluding hydrogens is 468 g/mol. The topological polar surface area (TPSA) is 47.4 Å². The summed E-state index contributed by atoms with van der Waals surface area (Å²) in [6.45, 7) is 3.33. The van der Waals surface area contributed by atoms with Gasteiger partial charge in [-0.05, 0) is 59.1 Å². The summed E-state index contributed by atoms with van der Waals surface area (Å²) >= 11 is 3.58. The molecule has 0 unspecified atom stereocenters. The summed E-state index contributed by atoms with van der Waals surface area (Å²) < 4.78 is 36.8. The van der Waals surface area contributed by atoms with E-state index >= 15 is 0 Å². The van der Waals surface area contributed by atoms with E-state index in [9.17, 15) is 13.6 Å². The molecule has 1 aliphatic rings. The van der Waals surface area contributed by atoms with Gasteiger partial charge < -0.3 is 9.30 Å². The van der Waals surface area contributed by atoms with Crippen LogP contribution in [0.4, 0.5) is 8.78 Å². The lowest BCUT2D eigenvalue weighted by molar-refractivity contribution is 0.0599. The number of hydrogen-bond donors (Lipinski definition) is 0. The molecule has 8 heteroatoms. The van der Waals surface area contributed by atoms with E-state index in [1.165, 1.54) is 7.11 Å². The Morgan fingerprint density at radius 1 is 1.26 bits per heavy atom. The molecular formula is C23H22BrF2N3O2. The fraction of sp³-hybridized carbons (Fsp3) is 0.304. The van der Waals surface area contributed by atoms with E-state index in [1.807, 2.05) is 19.2 Å². The lowest BCUT2D eigenvalue weighted by atomic mass is 9.96. The largest absolute Gasteiger partial charge is 0.465 e. The van der Waals surface area contributed by atoms with E-state index in [-0.39, 0.29) is 17.2 Å². The first-order valence-electron chi connectivity index (χ1n) is 9.92. The normalized spacial score (nSPS) is 15.7. The molecule has 0 bridgehead atoms. The number of ether oxygens (including phenoxy) is 1. The molecule has 0 saturated heterocycles. The van der Waals surface area contributed by atoms with Gasteiger partial charge in [0.25, 0.3) is 0 Å². The zero-order valence-electron chi connectivity index (χ0n) is 17.5. The van der Waals surface area contributed by atoms with Crippen LogP contribution in [0.15, 0.2) is 41.0 Å². The fourth-order valence-electron chi connectivity index (χ4n) is 4.17. The van der Waals surface area contributed by atoms with Gasteiger partial charge in [-0.15, -0.1) is 0 Å². The minimum Gasteiger partial charge on any atom is -0.465 e. The SMILES string of the molecule is COC(=O)c1cc(F)c(C2=CCN([C@@H](C)c3cc4c(Br)ccnc4n3C)CC2)c(F)c1. The quantitative estimate of drug-likeness (QED) is 0.469. The van der Waals surface area contributed by atoms with Crippen molar-refractivity contribution in [2.45, 2.75) is 19.4 Å². The smallest absolute Gasteiger partial charge is 0.338 e. The molecule has 4 rings (SSSR count). The van der Waals surface area contributed by atoms with Gasteiger partial charge in [0.2, 0.25) is 0 Å². The third kappa shape index (κ3) is 3.90. The third-order valence-electron chi connectivity index (χ3n) is 5.91. The van der Waals surface area contributed by atoms with Crippen LogP contribution in [0.5, 0.6) is 0 Å². The van der Waals surface area contributed by atoms with E-state index in [1.54, 1.807) is 6.20 Å². The van der Waals surface area contributed by atoms with Crippen molar-refractivity contribution < 1.29 is 18.3 Å². The fourth-order valence-corrected chi connectivity index (χ4v) is 4.58. The lowest BCUT2D eigenvalue weighted by Gasteiger charge is -2.32. The van der Waals surface area contributed by atoms with Crippen molar-refractivity contribution in [1.82, 2.24) is 14.5 Å². The molecule has 162 valence electrons. The molecule has 1 aromatic carbocycles. The van der Waals surface area contributed by atoms with E-state index < -0.39 is 17.6 Å². The molecule has 0 fully saturated rings. The van der Waals surface area contributed by atoms with Gasteiger partial charge in [0.1, 0.15) is 17.3 Å². The Bertz CT molecular complexity index is 1180. The standard InChI is InChI=1S/C23H22BrF2N3O2/c1-13(20-12-16-17(24)4-7-27-22(16)28(20)2)29-8-5-14(6-9-29)21-18(25)10-15(11-19(21)26)23(30)31-3/h4-5,7,10-13H,6,8-9H2,1-3H3/t13-/m0/s1. The molecule has 0 radical (unpaired) electrons. The van der Waals surface area contributed by atoms with Crippen LogP contribution in [0.1, 0.15) is 41.0 Å². The Labute approximate surface area is 187 Å². The molecule has 1 atom stereocenters. The van der Waals surface area contributed by atoms with E-state index in [4.69, 9.17) is 0 Å². The predicted octanol–water partition coefficient (Wildman–Crippen LogP) is 5.25. The number of halogens is 3. The molecule has 0 saturated carbocycles. The van der Waals surface area contributed by atoms with Crippen molar-refractivity contribution in [2.75, 3.05) is 20.2 Å². The number of pyridine rings is 1. The average Bonchev–Trinajstić information content (AvgIpc) is 3.10. The van der Waals surface area contributed by atoms with Gasteiger partial charge in [-0.2, -0.15) is 0 Å². The van der Waals surface area contributed by atoms with Crippen LogP contribution < -0.4 is 0 Å². The van der Waals surface area contributed by atoms with E-state index in [2.05, 4.69) is 48.1 Å². The van der Waals surface area contributed by atoms with Crippen LogP contribution in [0.25, 0.3) is 16.6 Å². The zero-order valence-corrected chi connectivity index (χ0v) is 19.0. The van der Waals surface area contributed by atoms with Crippen LogP contribution in [0.2, 0.25) is 0 Å². The van der Waals surface area contributed by atoms with Crippen molar-refractivity contribution in [1.29, 1.82) is 0 Å². The average molecular weight is 490 g/mol. The maximum atomic E-state index is 14.6. The van der Waals surface area contributed by atoms with Crippen molar-refractivity contribution in [3.05, 3.63) is 69.5 Å². The first kappa shape index (κ1) is 21.6. The van der Waals surface area contributed by atoms with Crippen LogP contribution in [-0.2, 0) is 11.8 Å². The third-order valence-corrected chi connectivity index (χ3v) is 6.61. The Hall–Kier alpha value is -2.58. The van der Waals surface area contributed by atoms with E-state index in [0.717, 1.165) is 33.3 Å². The Kier molecular flexibility index (Phi) is 5.94. The number of carbonyl (C=O) groups excluding carboxylic acids is 1. The van der Waals surface area contributed by atoms with Gasteiger partial charge in [0.05, 0.1) is 12.7 Å². The molecule has 0 amide bonds. The molecule has 31 heavy (non-hydrogen) atoms. The highest BCUT2D eigenvalue weighted by Gasteiger charge is 2.25. The molecule has 3 heterocycles. The van der Waals surface area contributed by atoms with Crippen LogP contribution in [-0.4, -0.2) is 40.6 Å². The van der Waals surface area contributed by atoms with Crippen molar-refractivity contribution in [3.8, 4) is 0 Å². The van der Waals surface area contributed by atoms with Crippen molar-refractivity contribution in [2.24, 2.45) is 7.05 Å². The van der Waals surface area contributed by atoms with Gasteiger partial charge in [0.15, 0.2) is 0 Å². The molecule has 3 aromatic rings. The monoisotopic (exact) mass is 489 g/mol. The second kappa shape index (κ2) is 8.51. The summed E-state index contributed by atoms with van der Waals surface area (Å²) in [5.74, 6) is -2.27. The van der Waals surface area contributed by atoms with E-state index in [0.29, 0.717) is 25.1 Å². The summed E-state index contributed by atoms with van der Waals surface area (Å²) in [6, 6.07) is 6.20. The summed E-state index contributed by atoms with van der Waals surface area (Å²) in [4.78, 5) is 18.3. The number of methoxy groups -OCH3 is 1. The first-order chi connectivity index (χ1) is 14.8. The molecule has 5 nitrogen and oxygen atoms in total. The highest BCUT2D eigenvalue weighted by molar-refractivity contribution is 9.10. The number of carbonyl (C=O) groups is 1. The lowest BCUT2D eigenvalue weighted by Crippen LogP contribution is -2.32. The van der Waals surface area contributed by atoms with Gasteiger partial charge >= 0.3 is 5.97 Å². The predicted molar refractivity (Wildman–Crippen MR) is 119 cm³/mol.